The lowest BCUT2D eigenvalue weighted by molar-refractivity contribution is 0.157. The Morgan fingerprint density at radius 2 is 2.09 bits per heavy atom. The Bertz CT molecular complexity index is 144. The highest BCUT2D eigenvalue weighted by Gasteiger charge is 2.34. The maximum Gasteiger partial charge on any atom is 0.0679 e. The summed E-state index contributed by atoms with van der Waals surface area (Å²) in [6, 6.07) is 0.729. The fourth-order valence-electron chi connectivity index (χ4n) is 2.01. The van der Waals surface area contributed by atoms with Crippen LogP contribution in [0.3, 0.4) is 0 Å². The monoisotopic (exact) mass is 155 g/mol. The van der Waals surface area contributed by atoms with Crippen LogP contribution in [-0.4, -0.2) is 35.2 Å². The van der Waals surface area contributed by atoms with Gasteiger partial charge in [0, 0.05) is 19.1 Å². The molecule has 2 rings (SSSR count). The van der Waals surface area contributed by atoms with E-state index in [9.17, 15) is 5.11 Å². The van der Waals surface area contributed by atoms with Gasteiger partial charge in [-0.05, 0) is 32.1 Å². The molecule has 1 aliphatic carbocycles. The van der Waals surface area contributed by atoms with E-state index in [1.165, 1.54) is 12.8 Å². The molecule has 2 heteroatoms. The Morgan fingerprint density at radius 1 is 1.36 bits per heavy atom. The lowest BCUT2D eigenvalue weighted by Gasteiger charge is -2.23. The van der Waals surface area contributed by atoms with Crippen LogP contribution < -0.4 is 0 Å². The van der Waals surface area contributed by atoms with Gasteiger partial charge in [-0.25, -0.2) is 0 Å². The van der Waals surface area contributed by atoms with Crippen LogP contribution in [0.15, 0.2) is 0 Å². The Hall–Kier alpha value is -0.0800. The number of likely N-dealkylation sites (tertiary alicyclic amines) is 1. The maximum absolute atomic E-state index is 9.31. The Kier molecular flexibility index (Phi) is 1.90. The van der Waals surface area contributed by atoms with Crippen molar-refractivity contribution in [2.24, 2.45) is 5.92 Å². The van der Waals surface area contributed by atoms with Crippen LogP contribution in [0.5, 0.6) is 0 Å². The molecule has 1 aliphatic heterocycles. The first-order valence-electron chi connectivity index (χ1n) is 4.69. The molecule has 0 aromatic carbocycles. The van der Waals surface area contributed by atoms with Gasteiger partial charge in [0.2, 0.25) is 0 Å². The Balaban J connectivity index is 1.84. The third kappa shape index (κ3) is 1.57. The Morgan fingerprint density at radius 3 is 2.55 bits per heavy atom. The molecule has 0 aromatic rings. The first-order valence-corrected chi connectivity index (χ1v) is 4.69. The highest BCUT2D eigenvalue weighted by Crippen LogP contribution is 2.36. The van der Waals surface area contributed by atoms with Gasteiger partial charge in [0.25, 0.3) is 0 Å². The predicted octanol–water partition coefficient (Wildman–Crippen LogP) is 0.851. The summed E-state index contributed by atoms with van der Waals surface area (Å²) in [4.78, 5) is 2.43. The van der Waals surface area contributed by atoms with Crippen LogP contribution in [0.4, 0.5) is 0 Å². The maximum atomic E-state index is 9.31. The number of hydrogen-bond donors (Lipinski definition) is 1. The van der Waals surface area contributed by atoms with Crippen molar-refractivity contribution in [3.05, 3.63) is 0 Å². The van der Waals surface area contributed by atoms with Crippen LogP contribution in [-0.2, 0) is 0 Å². The van der Waals surface area contributed by atoms with Gasteiger partial charge in [0.05, 0.1) is 6.10 Å². The quantitative estimate of drug-likeness (QED) is 0.639. The normalized spacial score (nSPS) is 36.0. The number of hydrogen-bond acceptors (Lipinski definition) is 2. The molecule has 1 unspecified atom stereocenters. The molecule has 1 saturated heterocycles. The number of β-amino-alcohol motifs (C(OH)–C–C–N with tert-alkyl or cyclic N) is 1. The molecule has 0 bridgehead atoms. The van der Waals surface area contributed by atoms with Crippen LogP contribution >= 0.6 is 0 Å². The van der Waals surface area contributed by atoms with Gasteiger partial charge in [-0.2, -0.15) is 0 Å². The summed E-state index contributed by atoms with van der Waals surface area (Å²) < 4.78 is 0. The van der Waals surface area contributed by atoms with Crippen molar-refractivity contribution in [2.75, 3.05) is 13.1 Å². The van der Waals surface area contributed by atoms with Crippen molar-refractivity contribution >= 4 is 0 Å². The molecule has 2 fully saturated rings. The second-order valence-electron chi connectivity index (χ2n) is 4.02. The van der Waals surface area contributed by atoms with E-state index in [2.05, 4.69) is 11.8 Å². The van der Waals surface area contributed by atoms with Gasteiger partial charge in [-0.1, -0.05) is 0 Å². The average molecular weight is 155 g/mol. The van der Waals surface area contributed by atoms with Gasteiger partial charge >= 0.3 is 0 Å². The summed E-state index contributed by atoms with van der Waals surface area (Å²) in [5.41, 5.74) is 0. The molecule has 0 spiro atoms. The third-order valence-electron chi connectivity index (χ3n) is 3.07. The molecule has 2 atom stereocenters. The van der Waals surface area contributed by atoms with Gasteiger partial charge in [0.1, 0.15) is 0 Å². The summed E-state index contributed by atoms with van der Waals surface area (Å²) in [6.45, 7) is 4.33. The van der Waals surface area contributed by atoms with Crippen molar-refractivity contribution in [3.63, 3.8) is 0 Å². The topological polar surface area (TPSA) is 23.5 Å². The molecule has 11 heavy (non-hydrogen) atoms. The minimum atomic E-state index is -0.0452. The lowest BCUT2D eigenvalue weighted by Crippen LogP contribution is -2.33. The highest BCUT2D eigenvalue weighted by atomic mass is 16.3. The van der Waals surface area contributed by atoms with E-state index in [1.807, 2.05) is 0 Å². The van der Waals surface area contributed by atoms with Crippen LogP contribution in [0, 0.1) is 5.92 Å². The lowest BCUT2D eigenvalue weighted by atomic mass is 10.2. The molecule has 2 nitrogen and oxygen atoms in total. The first kappa shape index (κ1) is 7.56. The summed E-state index contributed by atoms with van der Waals surface area (Å²) in [6.07, 6.45) is 3.76. The summed E-state index contributed by atoms with van der Waals surface area (Å²) in [7, 11) is 0. The molecule has 2 aliphatic rings. The zero-order valence-electron chi connectivity index (χ0n) is 7.16. The molecular formula is C9H17NO. The molecule has 0 radical (unpaired) electrons. The van der Waals surface area contributed by atoms with E-state index < -0.39 is 0 Å². The van der Waals surface area contributed by atoms with E-state index in [-0.39, 0.29) is 6.10 Å². The summed E-state index contributed by atoms with van der Waals surface area (Å²) >= 11 is 0. The first-order chi connectivity index (χ1) is 5.27. The predicted molar refractivity (Wildman–Crippen MR) is 44.4 cm³/mol. The fraction of sp³-hybridized carbons (Fsp3) is 1.00. The Labute approximate surface area is 68.2 Å². The molecule has 0 aromatic heterocycles. The molecule has 1 heterocycles. The zero-order chi connectivity index (χ0) is 7.84. The van der Waals surface area contributed by atoms with Crippen molar-refractivity contribution < 1.29 is 5.11 Å². The van der Waals surface area contributed by atoms with E-state index >= 15 is 0 Å². The van der Waals surface area contributed by atoms with E-state index in [0.717, 1.165) is 31.5 Å². The summed E-state index contributed by atoms with van der Waals surface area (Å²) in [5, 5.41) is 9.31. The van der Waals surface area contributed by atoms with Crippen LogP contribution in [0.2, 0.25) is 0 Å². The molecule has 1 N–H and O–H groups in total. The van der Waals surface area contributed by atoms with E-state index in [0.29, 0.717) is 0 Å². The minimum Gasteiger partial charge on any atom is -0.392 e. The van der Waals surface area contributed by atoms with Crippen molar-refractivity contribution in [2.45, 2.75) is 38.3 Å². The molecule has 1 saturated carbocycles. The number of aliphatic hydroxyl groups is 1. The van der Waals surface area contributed by atoms with E-state index in [4.69, 9.17) is 0 Å². The van der Waals surface area contributed by atoms with Gasteiger partial charge in [-0.3, -0.25) is 4.90 Å². The highest BCUT2D eigenvalue weighted by molar-refractivity contribution is 4.88. The zero-order valence-corrected chi connectivity index (χ0v) is 7.16. The minimum absolute atomic E-state index is 0.0452. The second-order valence-corrected chi connectivity index (χ2v) is 4.02. The number of aliphatic hydroxyl groups excluding tert-OH is 1. The standard InChI is InChI=1S/C9H17NO/c1-7(8-2-3-8)10-5-4-9(11)6-10/h7-9,11H,2-6H2,1H3/t7?,9-/m0/s1. The average Bonchev–Trinajstić information content (AvgIpc) is 2.74. The molecular weight excluding hydrogens is 138 g/mol. The number of nitrogens with zero attached hydrogens (tertiary/aromatic N) is 1. The molecule has 64 valence electrons. The summed E-state index contributed by atoms with van der Waals surface area (Å²) in [5.74, 6) is 0.945. The van der Waals surface area contributed by atoms with Gasteiger partial charge in [0.15, 0.2) is 0 Å². The van der Waals surface area contributed by atoms with Crippen molar-refractivity contribution in [1.29, 1.82) is 0 Å². The van der Waals surface area contributed by atoms with Gasteiger partial charge in [-0.15, -0.1) is 0 Å². The SMILES string of the molecule is CC(C1CC1)N1CC[C@H](O)C1. The molecule has 0 amide bonds. The third-order valence-corrected chi connectivity index (χ3v) is 3.07. The van der Waals surface area contributed by atoms with E-state index in [1.54, 1.807) is 0 Å². The number of rotatable bonds is 2. The smallest absolute Gasteiger partial charge is 0.0679 e. The van der Waals surface area contributed by atoms with Gasteiger partial charge < -0.3 is 5.11 Å². The van der Waals surface area contributed by atoms with Crippen molar-refractivity contribution in [3.8, 4) is 0 Å². The van der Waals surface area contributed by atoms with Crippen molar-refractivity contribution in [1.82, 2.24) is 4.90 Å². The second kappa shape index (κ2) is 2.76. The fourth-order valence-corrected chi connectivity index (χ4v) is 2.01. The largest absolute Gasteiger partial charge is 0.392 e. The van der Waals surface area contributed by atoms with Crippen LogP contribution in [0.25, 0.3) is 0 Å². The van der Waals surface area contributed by atoms with Crippen LogP contribution in [0.1, 0.15) is 26.2 Å².